The fourth-order valence-electron chi connectivity index (χ4n) is 2.45. The molecule has 0 heterocycles. The Morgan fingerprint density at radius 1 is 1.27 bits per heavy atom. The van der Waals surface area contributed by atoms with Crippen LogP contribution >= 0.6 is 0 Å². The van der Waals surface area contributed by atoms with Gasteiger partial charge in [-0.25, -0.2) is 0 Å². The summed E-state index contributed by atoms with van der Waals surface area (Å²) < 4.78 is 12.3. The highest BCUT2D eigenvalue weighted by Crippen LogP contribution is 2.39. The fraction of sp³-hybridized carbons (Fsp3) is 1.00. The van der Waals surface area contributed by atoms with E-state index in [0.717, 1.165) is 13.0 Å². The Labute approximate surface area is 95.5 Å². The third-order valence-corrected chi connectivity index (χ3v) is 3.99. The van der Waals surface area contributed by atoms with Gasteiger partial charge in [0.2, 0.25) is 0 Å². The van der Waals surface area contributed by atoms with Gasteiger partial charge in [0.15, 0.2) is 14.1 Å². The quantitative estimate of drug-likeness (QED) is 0.540. The molecule has 1 rings (SSSR count). The summed E-state index contributed by atoms with van der Waals surface area (Å²) >= 11 is 0. The average Bonchev–Trinajstić information content (AvgIpc) is 2.08. The zero-order chi connectivity index (χ0) is 11.5. The van der Waals surface area contributed by atoms with Crippen molar-refractivity contribution >= 4 is 8.32 Å². The summed E-state index contributed by atoms with van der Waals surface area (Å²) in [6.07, 6.45) is 4.89. The minimum Gasteiger partial charge on any atom is -0.391 e. The lowest BCUT2D eigenvalue weighted by Crippen LogP contribution is -2.50. The van der Waals surface area contributed by atoms with Crippen molar-refractivity contribution in [3.8, 4) is 0 Å². The molecule has 0 aromatic heterocycles. The molecular formula is C12H26O2Si. The van der Waals surface area contributed by atoms with E-state index >= 15 is 0 Å². The highest BCUT2D eigenvalue weighted by Gasteiger charge is 2.43. The molecule has 90 valence electrons. The van der Waals surface area contributed by atoms with Crippen LogP contribution in [0.15, 0.2) is 0 Å². The van der Waals surface area contributed by atoms with Crippen LogP contribution < -0.4 is 0 Å². The van der Waals surface area contributed by atoms with E-state index in [1.807, 2.05) is 0 Å². The van der Waals surface area contributed by atoms with Gasteiger partial charge in [0.25, 0.3) is 0 Å². The topological polar surface area (TPSA) is 18.5 Å². The van der Waals surface area contributed by atoms with Crippen LogP contribution in [0.4, 0.5) is 0 Å². The molecule has 0 saturated heterocycles. The van der Waals surface area contributed by atoms with Crippen LogP contribution in [0, 0.1) is 5.92 Å². The molecule has 0 N–H and O–H groups in total. The first-order valence-corrected chi connectivity index (χ1v) is 9.64. The maximum atomic E-state index is 6.34. The first kappa shape index (κ1) is 13.2. The summed E-state index contributed by atoms with van der Waals surface area (Å²) in [5.41, 5.74) is 0. The van der Waals surface area contributed by atoms with Gasteiger partial charge in [0.1, 0.15) is 0 Å². The lowest BCUT2D eigenvalue weighted by molar-refractivity contribution is -0.232. The molecule has 15 heavy (non-hydrogen) atoms. The van der Waals surface area contributed by atoms with Gasteiger partial charge in [-0.2, -0.15) is 0 Å². The van der Waals surface area contributed by atoms with Gasteiger partial charge in [-0.05, 0) is 39.4 Å². The Morgan fingerprint density at radius 2 is 1.93 bits per heavy atom. The van der Waals surface area contributed by atoms with Gasteiger partial charge in [-0.1, -0.05) is 13.3 Å². The SMILES string of the molecule is CCO[C@]1(O[Si](C)(C)C)CCCC[C@@H]1C. The van der Waals surface area contributed by atoms with E-state index in [-0.39, 0.29) is 5.79 Å². The van der Waals surface area contributed by atoms with Gasteiger partial charge >= 0.3 is 0 Å². The molecule has 0 bridgehead atoms. The van der Waals surface area contributed by atoms with Crippen LogP contribution in [0.3, 0.4) is 0 Å². The Hall–Kier alpha value is 0.137. The van der Waals surface area contributed by atoms with Crippen molar-refractivity contribution in [2.45, 2.75) is 65.0 Å². The number of rotatable bonds is 4. The highest BCUT2D eigenvalue weighted by atomic mass is 28.4. The van der Waals surface area contributed by atoms with E-state index < -0.39 is 8.32 Å². The lowest BCUT2D eigenvalue weighted by atomic mass is 9.85. The van der Waals surface area contributed by atoms with Crippen molar-refractivity contribution in [1.82, 2.24) is 0 Å². The minimum atomic E-state index is -1.52. The summed E-state index contributed by atoms with van der Waals surface area (Å²) in [4.78, 5) is 0. The molecule has 0 aromatic rings. The fourth-order valence-corrected chi connectivity index (χ4v) is 3.85. The van der Waals surface area contributed by atoms with E-state index in [1.165, 1.54) is 19.3 Å². The van der Waals surface area contributed by atoms with Crippen LogP contribution in [0.5, 0.6) is 0 Å². The van der Waals surface area contributed by atoms with Crippen molar-refractivity contribution in [3.05, 3.63) is 0 Å². The molecule has 2 atom stereocenters. The van der Waals surface area contributed by atoms with E-state index in [0.29, 0.717) is 5.92 Å². The highest BCUT2D eigenvalue weighted by molar-refractivity contribution is 6.69. The molecule has 1 aliphatic rings. The minimum absolute atomic E-state index is 0.266. The average molecular weight is 230 g/mol. The predicted molar refractivity (Wildman–Crippen MR) is 66.4 cm³/mol. The molecule has 0 radical (unpaired) electrons. The van der Waals surface area contributed by atoms with Crippen molar-refractivity contribution in [2.24, 2.45) is 5.92 Å². The van der Waals surface area contributed by atoms with E-state index in [2.05, 4.69) is 33.5 Å². The largest absolute Gasteiger partial charge is 0.391 e. The van der Waals surface area contributed by atoms with Crippen LogP contribution in [-0.4, -0.2) is 20.7 Å². The van der Waals surface area contributed by atoms with Gasteiger partial charge < -0.3 is 9.16 Å². The number of ether oxygens (including phenoxy) is 1. The maximum Gasteiger partial charge on any atom is 0.187 e. The van der Waals surface area contributed by atoms with Crippen molar-refractivity contribution in [1.29, 1.82) is 0 Å². The summed E-state index contributed by atoms with van der Waals surface area (Å²) in [6.45, 7) is 11.8. The monoisotopic (exact) mass is 230 g/mol. The molecule has 1 saturated carbocycles. The van der Waals surface area contributed by atoms with E-state index in [1.54, 1.807) is 0 Å². The number of hydrogen-bond acceptors (Lipinski definition) is 2. The Balaban J connectivity index is 2.76. The van der Waals surface area contributed by atoms with E-state index in [9.17, 15) is 0 Å². The second-order valence-corrected chi connectivity index (χ2v) is 10.0. The summed E-state index contributed by atoms with van der Waals surface area (Å²) in [5.74, 6) is 0.273. The molecule has 0 amide bonds. The third-order valence-electron chi connectivity index (χ3n) is 3.03. The predicted octanol–water partition coefficient (Wildman–Crippen LogP) is 3.78. The van der Waals surface area contributed by atoms with Crippen LogP contribution in [0.2, 0.25) is 19.6 Å². The standard InChI is InChI=1S/C12H26O2Si/c1-6-13-12(14-15(3,4)5)10-8-7-9-11(12)2/h11H,6-10H2,1-5H3/t11-,12-/m0/s1. The van der Waals surface area contributed by atoms with Gasteiger partial charge in [0.05, 0.1) is 0 Å². The Morgan fingerprint density at radius 3 is 2.40 bits per heavy atom. The molecule has 3 heteroatoms. The molecule has 1 fully saturated rings. The Bertz CT molecular complexity index is 196. The smallest absolute Gasteiger partial charge is 0.187 e. The molecule has 0 spiro atoms. The zero-order valence-corrected chi connectivity index (χ0v) is 11.9. The second-order valence-electron chi connectivity index (χ2n) is 5.61. The summed E-state index contributed by atoms with van der Waals surface area (Å²) in [6, 6.07) is 0. The van der Waals surface area contributed by atoms with Gasteiger partial charge in [0, 0.05) is 18.9 Å². The molecule has 2 nitrogen and oxygen atoms in total. The third kappa shape index (κ3) is 3.57. The van der Waals surface area contributed by atoms with Crippen LogP contribution in [-0.2, 0) is 9.16 Å². The molecular weight excluding hydrogens is 204 g/mol. The van der Waals surface area contributed by atoms with Crippen molar-refractivity contribution < 1.29 is 9.16 Å². The van der Waals surface area contributed by atoms with Crippen LogP contribution in [0.1, 0.15) is 39.5 Å². The summed E-state index contributed by atoms with van der Waals surface area (Å²) in [7, 11) is -1.52. The lowest BCUT2D eigenvalue weighted by Gasteiger charge is -2.45. The molecule has 0 unspecified atom stereocenters. The number of hydrogen-bond donors (Lipinski definition) is 0. The summed E-state index contributed by atoms with van der Waals surface area (Å²) in [5, 5.41) is 0. The molecule has 0 aliphatic heterocycles. The second kappa shape index (κ2) is 4.98. The maximum absolute atomic E-state index is 6.34. The first-order valence-electron chi connectivity index (χ1n) is 6.24. The first-order chi connectivity index (χ1) is 6.90. The zero-order valence-electron chi connectivity index (χ0n) is 10.9. The van der Waals surface area contributed by atoms with Crippen molar-refractivity contribution in [2.75, 3.05) is 6.61 Å². The molecule has 0 aromatic carbocycles. The normalized spacial score (nSPS) is 33.0. The van der Waals surface area contributed by atoms with Crippen LogP contribution in [0.25, 0.3) is 0 Å². The molecule has 1 aliphatic carbocycles. The van der Waals surface area contributed by atoms with Gasteiger partial charge in [-0.3, -0.25) is 0 Å². The van der Waals surface area contributed by atoms with Crippen molar-refractivity contribution in [3.63, 3.8) is 0 Å². The van der Waals surface area contributed by atoms with E-state index in [4.69, 9.17) is 9.16 Å². The van der Waals surface area contributed by atoms with Gasteiger partial charge in [-0.15, -0.1) is 0 Å². The Kier molecular flexibility index (Phi) is 4.38.